The van der Waals surface area contributed by atoms with Gasteiger partial charge in [0.1, 0.15) is 0 Å². The topological polar surface area (TPSA) is 64.6 Å². The molecule has 0 aromatic rings. The molecular formula is C7H13N2O4+. The monoisotopic (exact) mass is 189 g/mol. The summed E-state index contributed by atoms with van der Waals surface area (Å²) in [6.45, 7) is 0.898. The number of rotatable bonds is 4. The van der Waals surface area contributed by atoms with E-state index in [4.69, 9.17) is 9.47 Å². The quantitative estimate of drug-likeness (QED) is 0.335. The van der Waals surface area contributed by atoms with E-state index in [9.17, 15) is 10.1 Å². The predicted molar refractivity (Wildman–Crippen MR) is 44.7 cm³/mol. The second-order valence-electron chi connectivity index (χ2n) is 2.70. The van der Waals surface area contributed by atoms with Gasteiger partial charge in [-0.15, -0.1) is 0 Å². The maximum absolute atomic E-state index is 11.1. The van der Waals surface area contributed by atoms with Gasteiger partial charge >= 0.3 is 6.23 Å². The fourth-order valence-corrected chi connectivity index (χ4v) is 1.01. The smallest absolute Gasteiger partial charge is 0.365 e. The van der Waals surface area contributed by atoms with Crippen molar-refractivity contribution in [3.05, 3.63) is 10.1 Å². The predicted octanol–water partition coefficient (Wildman–Crippen LogP) is -0.651. The fourth-order valence-electron chi connectivity index (χ4n) is 1.01. The second-order valence-corrected chi connectivity index (χ2v) is 2.70. The third kappa shape index (κ3) is 3.08. The van der Waals surface area contributed by atoms with Gasteiger partial charge < -0.3 is 14.7 Å². The average molecular weight is 189 g/mol. The van der Waals surface area contributed by atoms with Crippen LogP contribution in [-0.2, 0) is 9.47 Å². The minimum absolute atomic E-state index is 0.0627. The zero-order chi connectivity index (χ0) is 9.68. The van der Waals surface area contributed by atoms with Crippen molar-refractivity contribution in [1.29, 1.82) is 0 Å². The van der Waals surface area contributed by atoms with Gasteiger partial charge in [0.2, 0.25) is 12.8 Å². The first-order valence-corrected chi connectivity index (χ1v) is 4.05. The summed E-state index contributed by atoms with van der Waals surface area (Å²) in [6.07, 6.45) is 0.626. The largest absolute Gasteiger partial charge is 0.624 e. The van der Waals surface area contributed by atoms with E-state index in [0.717, 1.165) is 4.76 Å². The Morgan fingerprint density at radius 2 is 2.38 bits per heavy atom. The van der Waals surface area contributed by atoms with Crippen LogP contribution in [0.1, 0.15) is 0 Å². The molecule has 6 nitrogen and oxygen atoms in total. The molecule has 1 aliphatic heterocycles. The summed E-state index contributed by atoms with van der Waals surface area (Å²) in [5.41, 5.74) is 0. The number of methoxy groups -OCH3 is 1. The van der Waals surface area contributed by atoms with Gasteiger partial charge in [-0.1, -0.05) is 0 Å². The Morgan fingerprint density at radius 1 is 1.62 bits per heavy atom. The third-order valence-electron chi connectivity index (χ3n) is 1.72. The lowest BCUT2D eigenvalue weighted by atomic mass is 10.4. The molecule has 0 saturated heterocycles. The normalized spacial score (nSPS) is 23.0. The van der Waals surface area contributed by atoms with Crippen molar-refractivity contribution in [3.8, 4) is 0 Å². The molecule has 6 heteroatoms. The molecule has 1 heterocycles. The minimum Gasteiger partial charge on any atom is -0.624 e. The van der Waals surface area contributed by atoms with E-state index >= 15 is 0 Å². The highest BCUT2D eigenvalue weighted by atomic mass is 16.6. The van der Waals surface area contributed by atoms with Gasteiger partial charge in [-0.05, 0) is 0 Å². The van der Waals surface area contributed by atoms with E-state index in [-0.39, 0.29) is 13.1 Å². The SMILES string of the molecule is COCCOC1C[N+]([O-])=CC[N+]1=O. The van der Waals surface area contributed by atoms with Crippen LogP contribution in [0.4, 0.5) is 0 Å². The van der Waals surface area contributed by atoms with Gasteiger partial charge in [0.05, 0.1) is 13.2 Å². The third-order valence-corrected chi connectivity index (χ3v) is 1.72. The number of nitrogens with zero attached hydrogens (tertiary/aromatic N) is 2. The Bertz CT molecular complexity index is 217. The zero-order valence-corrected chi connectivity index (χ0v) is 7.51. The van der Waals surface area contributed by atoms with Crippen LogP contribution in [-0.4, -0.2) is 55.4 Å². The van der Waals surface area contributed by atoms with E-state index in [1.165, 1.54) is 6.21 Å². The zero-order valence-electron chi connectivity index (χ0n) is 7.51. The lowest BCUT2D eigenvalue weighted by Crippen LogP contribution is -2.41. The van der Waals surface area contributed by atoms with Crippen LogP contribution >= 0.6 is 0 Å². The van der Waals surface area contributed by atoms with E-state index in [1.807, 2.05) is 0 Å². The van der Waals surface area contributed by atoms with Crippen molar-refractivity contribution in [2.45, 2.75) is 6.23 Å². The maximum atomic E-state index is 11.1. The van der Waals surface area contributed by atoms with Gasteiger partial charge in [-0.2, -0.15) is 4.74 Å². The Morgan fingerprint density at radius 3 is 3.08 bits per heavy atom. The lowest BCUT2D eigenvalue weighted by molar-refractivity contribution is -0.676. The van der Waals surface area contributed by atoms with Crippen LogP contribution in [0.3, 0.4) is 0 Å². The van der Waals surface area contributed by atoms with Crippen molar-refractivity contribution >= 4 is 6.21 Å². The highest BCUT2D eigenvalue weighted by Crippen LogP contribution is 1.98. The van der Waals surface area contributed by atoms with Gasteiger partial charge in [-0.25, -0.2) is 0 Å². The second kappa shape index (κ2) is 4.88. The summed E-state index contributed by atoms with van der Waals surface area (Å²) in [5, 5.41) is 10.8. The Hall–Kier alpha value is -1.01. The van der Waals surface area contributed by atoms with Crippen molar-refractivity contribution in [3.63, 3.8) is 0 Å². The Labute approximate surface area is 75.9 Å². The molecule has 0 N–H and O–H groups in total. The molecule has 0 fully saturated rings. The first-order valence-electron chi connectivity index (χ1n) is 4.05. The van der Waals surface area contributed by atoms with Gasteiger partial charge in [0.15, 0.2) is 0 Å². The molecule has 0 radical (unpaired) electrons. The highest BCUT2D eigenvalue weighted by Gasteiger charge is 2.33. The summed E-state index contributed by atoms with van der Waals surface area (Å²) < 4.78 is 11.3. The fraction of sp³-hybridized carbons (Fsp3) is 0.857. The van der Waals surface area contributed by atoms with Crippen LogP contribution in [0.15, 0.2) is 0 Å². The van der Waals surface area contributed by atoms with Crippen molar-refractivity contribution in [1.82, 2.24) is 0 Å². The minimum atomic E-state index is -0.669. The first kappa shape index (κ1) is 10.1. The van der Waals surface area contributed by atoms with Crippen LogP contribution in [0, 0.1) is 10.1 Å². The Kier molecular flexibility index (Phi) is 3.78. The molecule has 0 amide bonds. The van der Waals surface area contributed by atoms with Crippen molar-refractivity contribution < 1.29 is 19.0 Å². The molecule has 74 valence electrons. The van der Waals surface area contributed by atoms with E-state index in [2.05, 4.69) is 0 Å². The molecule has 1 rings (SSSR count). The standard InChI is InChI=1S/C7H13N2O4/c1-12-4-5-13-7-6-8(10)2-3-9(7)11/h2,7H,3-6H2,1H3/q+1. The van der Waals surface area contributed by atoms with Gasteiger partial charge in [0, 0.05) is 16.8 Å². The molecule has 13 heavy (non-hydrogen) atoms. The van der Waals surface area contributed by atoms with Gasteiger partial charge in [0.25, 0.3) is 6.54 Å². The molecule has 1 atom stereocenters. The van der Waals surface area contributed by atoms with Crippen LogP contribution in [0.5, 0.6) is 0 Å². The summed E-state index contributed by atoms with van der Waals surface area (Å²) >= 11 is 0. The van der Waals surface area contributed by atoms with E-state index < -0.39 is 6.23 Å². The number of ether oxygens (including phenoxy) is 2. The van der Waals surface area contributed by atoms with Crippen LogP contribution in [0.2, 0.25) is 0 Å². The molecule has 0 saturated carbocycles. The molecular weight excluding hydrogens is 176 g/mol. The molecule has 0 bridgehead atoms. The number of hydrogen-bond acceptors (Lipinski definition) is 4. The lowest BCUT2D eigenvalue weighted by Gasteiger charge is -2.12. The maximum Gasteiger partial charge on any atom is 0.365 e. The molecule has 1 aliphatic rings. The summed E-state index contributed by atoms with van der Waals surface area (Å²) in [6, 6.07) is 0. The summed E-state index contributed by atoms with van der Waals surface area (Å²) in [7, 11) is 1.55. The molecule has 0 spiro atoms. The highest BCUT2D eigenvalue weighted by molar-refractivity contribution is 5.52. The molecule has 0 aliphatic carbocycles. The van der Waals surface area contributed by atoms with Crippen molar-refractivity contribution in [2.75, 3.05) is 33.4 Å². The van der Waals surface area contributed by atoms with Crippen molar-refractivity contribution in [2.24, 2.45) is 0 Å². The van der Waals surface area contributed by atoms with Gasteiger partial charge in [-0.3, -0.25) is 0 Å². The van der Waals surface area contributed by atoms with Crippen LogP contribution < -0.4 is 0 Å². The average Bonchev–Trinajstić information content (AvgIpc) is 2.11. The molecule has 0 aromatic carbocycles. The summed E-state index contributed by atoms with van der Waals surface area (Å²) in [4.78, 5) is 11.1. The molecule has 0 aromatic heterocycles. The summed E-state index contributed by atoms with van der Waals surface area (Å²) in [5.74, 6) is 0. The van der Waals surface area contributed by atoms with E-state index in [0.29, 0.717) is 18.0 Å². The van der Waals surface area contributed by atoms with Crippen LogP contribution in [0.25, 0.3) is 0 Å². The number of hydroxylamine groups is 1. The molecule has 1 unspecified atom stereocenters. The first-order chi connectivity index (χ1) is 6.24. The number of nitroso groups, excluding NO2 is 1. The Balaban J connectivity index is 2.32. The number of hydrogen-bond donors (Lipinski definition) is 0. The van der Waals surface area contributed by atoms with E-state index in [1.54, 1.807) is 7.11 Å².